The average molecular weight is 733 g/mol. The monoisotopic (exact) mass is 732 g/mol. The van der Waals surface area contributed by atoms with Gasteiger partial charge in [-0.2, -0.15) is 0 Å². The zero-order valence-electron chi connectivity index (χ0n) is 31.7. The van der Waals surface area contributed by atoms with Crippen molar-refractivity contribution in [2.45, 2.75) is 0 Å². The Kier molecular flexibility index (Phi) is 9.66. The lowest BCUT2D eigenvalue weighted by atomic mass is 9.94. The van der Waals surface area contributed by atoms with Crippen LogP contribution in [-0.2, 0) is 0 Å². The smallest absolute Gasteiger partial charge is 0.0625 e. The molecule has 0 saturated carbocycles. The molecule has 0 aliphatic carbocycles. The molecule has 2 aromatic heterocycles. The molecule has 0 N–H and O–H groups in total. The normalized spacial score (nSPS) is 11.5. The van der Waals surface area contributed by atoms with E-state index in [0.29, 0.717) is 0 Å². The zero-order valence-corrected chi connectivity index (χ0v) is 31.7. The van der Waals surface area contributed by atoms with Gasteiger partial charge in [0.25, 0.3) is 0 Å². The highest BCUT2D eigenvalue weighted by Crippen LogP contribution is 2.46. The van der Waals surface area contributed by atoms with Crippen LogP contribution in [0.2, 0.25) is 0 Å². The molecule has 4 nitrogen and oxygen atoms in total. The molecule has 9 aromatic rings. The first-order valence-corrected chi connectivity index (χ1v) is 19.1. The van der Waals surface area contributed by atoms with Crippen molar-refractivity contribution in [1.29, 1.82) is 0 Å². The van der Waals surface area contributed by atoms with Crippen LogP contribution in [0.4, 0.5) is 17.1 Å². The predicted octanol–water partition coefficient (Wildman–Crippen LogP) is 13.9. The fourth-order valence-corrected chi connectivity index (χ4v) is 7.79. The number of para-hydroxylation sites is 1. The van der Waals surface area contributed by atoms with E-state index in [0.717, 1.165) is 50.5 Å². The molecule has 2 heterocycles. The number of aromatic nitrogens is 2. The second-order valence-electron chi connectivity index (χ2n) is 13.9. The molecule has 4 heteroatoms. The van der Waals surface area contributed by atoms with E-state index in [9.17, 15) is 0 Å². The van der Waals surface area contributed by atoms with E-state index in [1.54, 1.807) is 13.3 Å². The number of benzene rings is 7. The number of aliphatic imine (C=N–C) groups is 1. The predicted molar refractivity (Wildman–Crippen MR) is 242 cm³/mol. The molecule has 272 valence electrons. The third-order valence-electron chi connectivity index (χ3n) is 10.5. The topological polar surface area (TPSA) is 33.4 Å². The largest absolute Gasteiger partial charge is 0.310 e. The van der Waals surface area contributed by atoms with Gasteiger partial charge >= 0.3 is 0 Å². The molecule has 0 aliphatic heterocycles. The number of hydrogen-bond acceptors (Lipinski definition) is 3. The minimum atomic E-state index is 0.924. The summed E-state index contributed by atoms with van der Waals surface area (Å²) in [5.74, 6) is 0. The van der Waals surface area contributed by atoms with Gasteiger partial charge in [0.2, 0.25) is 0 Å². The third-order valence-corrected chi connectivity index (χ3v) is 10.5. The van der Waals surface area contributed by atoms with Gasteiger partial charge in [0, 0.05) is 64.7 Å². The Morgan fingerprint density at radius 1 is 0.579 bits per heavy atom. The van der Waals surface area contributed by atoms with Crippen LogP contribution in [0.25, 0.3) is 66.4 Å². The molecular formula is C53H40N4. The Labute approximate surface area is 333 Å². The van der Waals surface area contributed by atoms with E-state index in [1.165, 1.54) is 38.5 Å². The molecule has 0 spiro atoms. The Morgan fingerprint density at radius 2 is 1.14 bits per heavy atom. The Hall–Kier alpha value is -7.56. The molecule has 0 radical (unpaired) electrons. The van der Waals surface area contributed by atoms with E-state index >= 15 is 0 Å². The summed E-state index contributed by atoms with van der Waals surface area (Å²) in [4.78, 5) is 10.6. The number of nitrogens with zero attached hydrogens (tertiary/aromatic N) is 4. The van der Waals surface area contributed by atoms with E-state index < -0.39 is 0 Å². The van der Waals surface area contributed by atoms with Gasteiger partial charge in [0.1, 0.15) is 0 Å². The van der Waals surface area contributed by atoms with Gasteiger partial charge in [-0.25, -0.2) is 0 Å². The highest BCUT2D eigenvalue weighted by Gasteiger charge is 2.22. The number of hydrogen-bond donors (Lipinski definition) is 0. The lowest BCUT2D eigenvalue weighted by Crippen LogP contribution is -2.10. The van der Waals surface area contributed by atoms with E-state index in [2.05, 4.69) is 196 Å². The molecular weight excluding hydrogens is 693 g/mol. The zero-order chi connectivity index (χ0) is 38.6. The number of fused-ring (bicyclic) bond motifs is 3. The van der Waals surface area contributed by atoms with Crippen molar-refractivity contribution in [3.63, 3.8) is 0 Å². The molecule has 57 heavy (non-hydrogen) atoms. The summed E-state index contributed by atoms with van der Waals surface area (Å²) >= 11 is 0. The highest BCUT2D eigenvalue weighted by atomic mass is 15.1. The lowest BCUT2D eigenvalue weighted by Gasteiger charge is -2.26. The fourth-order valence-electron chi connectivity index (χ4n) is 7.79. The van der Waals surface area contributed by atoms with Gasteiger partial charge in [-0.1, -0.05) is 128 Å². The van der Waals surface area contributed by atoms with Crippen molar-refractivity contribution in [3.05, 3.63) is 219 Å². The fraction of sp³-hybridized carbons (Fsp3) is 0.0189. The standard InChI is InChI=1S/C53H40N4/c1-38(13-12-34-54-2)39-20-24-45(25-21-39)56(46-26-22-40(23-27-46)41-32-35-55-36-33-41)47-28-31-51-50(37-47)52-48(42-14-6-3-7-15-42)29-30-49(43-16-8-4-9-17-43)53(52)57(51)44-18-10-5-11-19-44/h3-37H,1H2,2H3/b13-12-,54-34?. The number of rotatable bonds is 10. The average Bonchev–Trinajstić information content (AvgIpc) is 3.62. The van der Waals surface area contributed by atoms with Crippen LogP contribution >= 0.6 is 0 Å². The maximum Gasteiger partial charge on any atom is 0.0625 e. The third kappa shape index (κ3) is 6.86. The van der Waals surface area contributed by atoms with Crippen molar-refractivity contribution >= 4 is 50.7 Å². The van der Waals surface area contributed by atoms with Crippen LogP contribution in [0.15, 0.2) is 218 Å². The summed E-state index contributed by atoms with van der Waals surface area (Å²) in [5.41, 5.74) is 15.6. The number of anilines is 3. The molecule has 0 aliphatic rings. The van der Waals surface area contributed by atoms with E-state index in [-0.39, 0.29) is 0 Å². The summed E-state index contributed by atoms with van der Waals surface area (Å²) in [6.07, 6.45) is 9.35. The van der Waals surface area contributed by atoms with E-state index in [4.69, 9.17) is 0 Å². The molecule has 7 aromatic carbocycles. The van der Waals surface area contributed by atoms with Gasteiger partial charge in [-0.15, -0.1) is 0 Å². The molecule has 9 rings (SSSR count). The van der Waals surface area contributed by atoms with Crippen molar-refractivity contribution in [3.8, 4) is 39.1 Å². The Bertz CT molecular complexity index is 2870. The SMILES string of the molecule is C=C(/C=C\C=NC)c1ccc(N(c2ccc(-c3ccncc3)cc2)c2ccc3c(c2)c2c(-c4ccccc4)ccc(-c4ccccc4)c2n3-c2ccccc2)cc1. The molecule has 0 amide bonds. The molecule has 0 atom stereocenters. The molecule has 0 fully saturated rings. The van der Waals surface area contributed by atoms with Gasteiger partial charge in [0.15, 0.2) is 0 Å². The summed E-state index contributed by atoms with van der Waals surface area (Å²) in [6, 6.07) is 65.2. The molecule has 0 unspecified atom stereocenters. The Balaban J connectivity index is 1.30. The minimum Gasteiger partial charge on any atom is -0.310 e. The highest BCUT2D eigenvalue weighted by molar-refractivity contribution is 6.20. The number of allylic oxidation sites excluding steroid dienone is 3. The summed E-state index contributed by atoms with van der Waals surface area (Å²) < 4.78 is 2.44. The van der Waals surface area contributed by atoms with Gasteiger partial charge in [-0.3, -0.25) is 9.98 Å². The first-order chi connectivity index (χ1) is 28.2. The number of pyridine rings is 1. The lowest BCUT2D eigenvalue weighted by molar-refractivity contribution is 1.18. The van der Waals surface area contributed by atoms with Crippen molar-refractivity contribution < 1.29 is 0 Å². The Morgan fingerprint density at radius 3 is 1.79 bits per heavy atom. The van der Waals surface area contributed by atoms with Crippen LogP contribution in [0.1, 0.15) is 5.56 Å². The molecule has 0 bridgehead atoms. The van der Waals surface area contributed by atoms with Crippen molar-refractivity contribution in [2.24, 2.45) is 4.99 Å². The second kappa shape index (κ2) is 15.7. The summed E-state index contributed by atoms with van der Waals surface area (Å²) in [6.45, 7) is 4.31. The second-order valence-corrected chi connectivity index (χ2v) is 13.9. The van der Waals surface area contributed by atoms with Crippen LogP contribution in [0.3, 0.4) is 0 Å². The van der Waals surface area contributed by atoms with Gasteiger partial charge < -0.3 is 9.47 Å². The van der Waals surface area contributed by atoms with Crippen LogP contribution < -0.4 is 4.90 Å². The summed E-state index contributed by atoms with van der Waals surface area (Å²) in [7, 11) is 1.77. The first kappa shape index (κ1) is 35.2. The van der Waals surface area contributed by atoms with Crippen molar-refractivity contribution in [2.75, 3.05) is 11.9 Å². The van der Waals surface area contributed by atoms with Crippen LogP contribution in [0, 0.1) is 0 Å². The van der Waals surface area contributed by atoms with Crippen LogP contribution in [-0.4, -0.2) is 22.8 Å². The molecule has 0 saturated heterocycles. The van der Waals surface area contributed by atoms with Crippen molar-refractivity contribution in [1.82, 2.24) is 9.55 Å². The van der Waals surface area contributed by atoms with Gasteiger partial charge in [-0.05, 0) is 112 Å². The summed E-state index contributed by atoms with van der Waals surface area (Å²) in [5, 5.41) is 2.39. The van der Waals surface area contributed by atoms with Crippen LogP contribution in [0.5, 0.6) is 0 Å². The first-order valence-electron chi connectivity index (χ1n) is 19.1. The maximum absolute atomic E-state index is 4.31. The van der Waals surface area contributed by atoms with E-state index in [1.807, 2.05) is 36.7 Å². The quantitative estimate of drug-likeness (QED) is 0.104. The maximum atomic E-state index is 4.31. The van der Waals surface area contributed by atoms with Gasteiger partial charge in [0.05, 0.1) is 11.0 Å². The minimum absolute atomic E-state index is 0.924.